The molecule has 2 saturated carbocycles. The fraction of sp³-hybridized carbons (Fsp3) is 0.480. The topological polar surface area (TPSA) is 65.6 Å². The summed E-state index contributed by atoms with van der Waals surface area (Å²) in [5.74, 6) is 2.19. The number of nitrogens with one attached hydrogen (secondary N) is 1. The van der Waals surface area contributed by atoms with Crippen molar-refractivity contribution in [2.24, 2.45) is 22.4 Å². The molecule has 5 rings (SSSR count). The summed E-state index contributed by atoms with van der Waals surface area (Å²) < 4.78 is 1.86. The summed E-state index contributed by atoms with van der Waals surface area (Å²) in [6, 6.07) is 11.7. The maximum Gasteiger partial charge on any atom is 0.305 e. The predicted molar refractivity (Wildman–Crippen MR) is 115 cm³/mol. The van der Waals surface area contributed by atoms with E-state index in [4.69, 9.17) is 0 Å². The molecule has 3 aliphatic carbocycles. The zero-order valence-electron chi connectivity index (χ0n) is 17.6. The van der Waals surface area contributed by atoms with Crippen LogP contribution >= 0.6 is 0 Å². The Morgan fingerprint density at radius 2 is 2.03 bits per heavy atom. The summed E-state index contributed by atoms with van der Waals surface area (Å²) in [4.78, 5) is 12.4. The summed E-state index contributed by atoms with van der Waals surface area (Å²) in [6.45, 7) is 2.65. The highest BCUT2D eigenvalue weighted by molar-refractivity contribution is 5.93. The van der Waals surface area contributed by atoms with Gasteiger partial charge in [0.1, 0.15) is 5.75 Å². The number of phenolic OH excluding ortho intramolecular Hbond substituents is 1. The van der Waals surface area contributed by atoms with Crippen molar-refractivity contribution in [3.8, 4) is 5.75 Å². The molecule has 1 amide bonds. The fourth-order valence-corrected chi connectivity index (χ4v) is 6.41. The first-order chi connectivity index (χ1) is 14.5. The zero-order valence-corrected chi connectivity index (χ0v) is 17.6. The number of aromatic hydroxyl groups is 1. The number of amides is 1. The van der Waals surface area contributed by atoms with Crippen LogP contribution in [0.5, 0.6) is 5.75 Å². The number of pyridine rings is 1. The molecule has 0 bridgehead atoms. The maximum atomic E-state index is 12.4. The molecule has 156 valence electrons. The first kappa shape index (κ1) is 19.3. The number of phenols is 1. The van der Waals surface area contributed by atoms with Crippen LogP contribution in [0.15, 0.2) is 53.9 Å². The number of rotatable bonds is 3. The molecule has 2 aromatic rings. The third kappa shape index (κ3) is 3.30. The average Bonchev–Trinajstić information content (AvgIpc) is 3.09. The molecule has 5 heteroatoms. The number of fused-ring (bicyclic) bond motifs is 5. The first-order valence-electron chi connectivity index (χ1n) is 11.2. The number of hydrazone groups is 1. The van der Waals surface area contributed by atoms with E-state index in [1.165, 1.54) is 23.3 Å². The number of hydrogen-bond donors (Lipinski definition) is 2. The van der Waals surface area contributed by atoms with Crippen molar-refractivity contribution >= 4 is 11.6 Å². The molecular weight excluding hydrogens is 374 g/mol. The van der Waals surface area contributed by atoms with E-state index in [1.54, 1.807) is 0 Å². The monoisotopic (exact) mass is 404 g/mol. The highest BCUT2D eigenvalue weighted by Gasteiger charge is 2.53. The molecule has 0 unspecified atom stereocenters. The van der Waals surface area contributed by atoms with Crippen molar-refractivity contribution in [2.75, 3.05) is 0 Å². The number of nitrogens with zero attached hydrogens (tertiary/aromatic N) is 2. The van der Waals surface area contributed by atoms with Crippen LogP contribution in [0.1, 0.15) is 56.1 Å². The zero-order chi connectivity index (χ0) is 20.7. The van der Waals surface area contributed by atoms with Gasteiger partial charge in [-0.2, -0.15) is 9.67 Å². The van der Waals surface area contributed by atoms with Crippen molar-refractivity contribution in [3.05, 3.63) is 59.9 Å². The lowest BCUT2D eigenvalue weighted by atomic mass is 9.55. The van der Waals surface area contributed by atoms with Crippen LogP contribution in [0.25, 0.3) is 0 Å². The Bertz CT molecular complexity index is 987. The van der Waals surface area contributed by atoms with Crippen molar-refractivity contribution in [1.82, 2.24) is 5.43 Å². The minimum Gasteiger partial charge on any atom is -0.508 e. The highest BCUT2D eigenvalue weighted by atomic mass is 16.3. The van der Waals surface area contributed by atoms with Crippen LogP contribution < -0.4 is 9.99 Å². The van der Waals surface area contributed by atoms with Crippen LogP contribution in [-0.2, 0) is 17.8 Å². The number of aryl methyl sites for hydroxylation is 1. The third-order valence-corrected chi connectivity index (χ3v) is 7.87. The number of hydrogen-bond acceptors (Lipinski definition) is 3. The van der Waals surface area contributed by atoms with E-state index in [1.807, 2.05) is 47.3 Å². The summed E-state index contributed by atoms with van der Waals surface area (Å²) in [6.07, 6.45) is 10.4. The van der Waals surface area contributed by atoms with E-state index in [0.29, 0.717) is 23.5 Å². The Morgan fingerprint density at radius 1 is 1.20 bits per heavy atom. The van der Waals surface area contributed by atoms with Gasteiger partial charge in [0.05, 0.1) is 0 Å². The quantitative estimate of drug-likeness (QED) is 0.605. The number of carbonyl (C=O) groups excluding carboxylic acids is 1. The molecule has 2 fully saturated rings. The number of benzene rings is 1. The second kappa shape index (κ2) is 7.53. The first-order valence-corrected chi connectivity index (χ1v) is 11.2. The van der Waals surface area contributed by atoms with Crippen molar-refractivity contribution in [3.63, 3.8) is 0 Å². The van der Waals surface area contributed by atoms with Gasteiger partial charge in [0, 0.05) is 23.3 Å². The van der Waals surface area contributed by atoms with Crippen LogP contribution in [0.2, 0.25) is 0 Å². The van der Waals surface area contributed by atoms with Crippen LogP contribution in [0, 0.1) is 17.3 Å². The van der Waals surface area contributed by atoms with Crippen LogP contribution in [-0.4, -0.2) is 16.7 Å². The Labute approximate surface area is 177 Å². The summed E-state index contributed by atoms with van der Waals surface area (Å²) in [7, 11) is 0. The Balaban J connectivity index is 1.31. The lowest BCUT2D eigenvalue weighted by Crippen LogP contribution is -2.44. The molecule has 0 aliphatic heterocycles. The molecule has 0 spiro atoms. The number of carbonyl (C=O) groups is 1. The SMILES string of the molecule is C[C@]12CC[C@@H]3c4ccc(O)cc4CC[C@H]3[C@@H]1CC/C2=N\NC(=O)C[n+]1ccccc1. The van der Waals surface area contributed by atoms with E-state index in [0.717, 1.165) is 32.1 Å². The molecule has 3 aliphatic rings. The molecule has 0 radical (unpaired) electrons. The summed E-state index contributed by atoms with van der Waals surface area (Å²) in [5.41, 5.74) is 6.87. The molecule has 4 atom stereocenters. The lowest BCUT2D eigenvalue weighted by molar-refractivity contribution is -0.684. The average molecular weight is 405 g/mol. The molecule has 2 N–H and O–H groups in total. The maximum absolute atomic E-state index is 12.4. The van der Waals surface area contributed by atoms with Gasteiger partial charge in [-0.1, -0.05) is 19.1 Å². The second-order valence-corrected chi connectivity index (χ2v) is 9.43. The minimum absolute atomic E-state index is 0.0779. The fourth-order valence-electron chi connectivity index (χ4n) is 6.41. The molecule has 5 nitrogen and oxygen atoms in total. The van der Waals surface area contributed by atoms with Gasteiger partial charge in [0.15, 0.2) is 12.4 Å². The van der Waals surface area contributed by atoms with E-state index in [-0.39, 0.29) is 17.9 Å². The van der Waals surface area contributed by atoms with Crippen molar-refractivity contribution in [1.29, 1.82) is 0 Å². The standard InChI is InChI=1S/C25H29N3O2/c1-25-12-11-20-19-8-6-18(29)15-17(19)5-7-21(20)22(25)9-10-23(25)26-27-24(30)16-28-13-3-2-4-14-28/h2-4,6,8,13-15,20-22H,5,7,9-12,16H2,1H3,(H-,27,29,30)/p+1/b26-23+/t20-,21-,22+,25+/m1/s1. The predicted octanol–water partition coefficient (Wildman–Crippen LogP) is 3.71. The van der Waals surface area contributed by atoms with Gasteiger partial charge in [0.2, 0.25) is 6.54 Å². The number of aromatic nitrogens is 1. The Morgan fingerprint density at radius 3 is 2.87 bits per heavy atom. The van der Waals surface area contributed by atoms with Gasteiger partial charge in [-0.05, 0) is 79.5 Å². The third-order valence-electron chi connectivity index (χ3n) is 7.87. The van der Waals surface area contributed by atoms with Gasteiger partial charge in [-0.15, -0.1) is 0 Å². The van der Waals surface area contributed by atoms with Gasteiger partial charge in [-0.3, -0.25) is 4.79 Å². The molecule has 0 saturated heterocycles. The van der Waals surface area contributed by atoms with E-state index >= 15 is 0 Å². The molecule has 1 heterocycles. The van der Waals surface area contributed by atoms with Crippen molar-refractivity contribution in [2.45, 2.75) is 57.9 Å². The van der Waals surface area contributed by atoms with Crippen LogP contribution in [0.3, 0.4) is 0 Å². The normalized spacial score (nSPS) is 31.0. The van der Waals surface area contributed by atoms with Crippen molar-refractivity contribution < 1.29 is 14.5 Å². The molecule has 1 aromatic carbocycles. The second-order valence-electron chi connectivity index (χ2n) is 9.43. The molecule has 1 aromatic heterocycles. The summed E-state index contributed by atoms with van der Waals surface area (Å²) in [5, 5.41) is 14.5. The largest absolute Gasteiger partial charge is 0.508 e. The van der Waals surface area contributed by atoms with Gasteiger partial charge < -0.3 is 5.11 Å². The van der Waals surface area contributed by atoms with Gasteiger partial charge in [-0.25, -0.2) is 5.43 Å². The molecular formula is C25H30N3O2+. The Hall–Kier alpha value is -2.69. The van der Waals surface area contributed by atoms with E-state index in [2.05, 4.69) is 23.5 Å². The highest BCUT2D eigenvalue weighted by Crippen LogP contribution is 2.59. The Kier molecular flexibility index (Phi) is 4.84. The van der Waals surface area contributed by atoms with E-state index < -0.39 is 0 Å². The van der Waals surface area contributed by atoms with Gasteiger partial charge in [0.25, 0.3) is 0 Å². The smallest absolute Gasteiger partial charge is 0.305 e. The lowest BCUT2D eigenvalue weighted by Gasteiger charge is -2.49. The van der Waals surface area contributed by atoms with Crippen LogP contribution in [0.4, 0.5) is 0 Å². The summed E-state index contributed by atoms with van der Waals surface area (Å²) >= 11 is 0. The molecule has 30 heavy (non-hydrogen) atoms. The van der Waals surface area contributed by atoms with Gasteiger partial charge >= 0.3 is 5.91 Å². The van der Waals surface area contributed by atoms with E-state index in [9.17, 15) is 9.90 Å². The minimum atomic E-state index is -0.0779.